The SMILES string of the molecule is Cc1ccc(-n2nnnc2SC(C)c2cccc([N+](=O)[O-])c2)cc1C. The topological polar surface area (TPSA) is 86.7 Å². The van der Waals surface area contributed by atoms with E-state index in [-0.39, 0.29) is 15.9 Å². The molecular formula is C17H17N5O2S. The Morgan fingerprint density at radius 1 is 1.16 bits per heavy atom. The average Bonchev–Trinajstić information content (AvgIpc) is 3.05. The first-order valence-electron chi connectivity index (χ1n) is 7.72. The van der Waals surface area contributed by atoms with Gasteiger partial charge in [0.05, 0.1) is 10.6 Å². The molecule has 0 radical (unpaired) electrons. The zero-order valence-electron chi connectivity index (χ0n) is 14.1. The van der Waals surface area contributed by atoms with Crippen LogP contribution in [0.5, 0.6) is 0 Å². The molecule has 2 aromatic carbocycles. The minimum Gasteiger partial charge on any atom is -0.258 e. The van der Waals surface area contributed by atoms with Crippen molar-refractivity contribution in [1.82, 2.24) is 20.2 Å². The molecule has 0 spiro atoms. The van der Waals surface area contributed by atoms with E-state index in [2.05, 4.69) is 22.4 Å². The van der Waals surface area contributed by atoms with Gasteiger partial charge in [-0.3, -0.25) is 10.1 Å². The maximum atomic E-state index is 11.0. The Morgan fingerprint density at radius 2 is 1.96 bits per heavy atom. The maximum Gasteiger partial charge on any atom is 0.269 e. The maximum absolute atomic E-state index is 11.0. The molecule has 1 unspecified atom stereocenters. The van der Waals surface area contributed by atoms with E-state index in [4.69, 9.17) is 0 Å². The van der Waals surface area contributed by atoms with Gasteiger partial charge in [-0.2, -0.15) is 4.68 Å². The van der Waals surface area contributed by atoms with E-state index in [1.54, 1.807) is 16.8 Å². The number of hydrogen-bond acceptors (Lipinski definition) is 6. The highest BCUT2D eigenvalue weighted by molar-refractivity contribution is 7.99. The van der Waals surface area contributed by atoms with Crippen molar-refractivity contribution in [3.8, 4) is 5.69 Å². The molecular weight excluding hydrogens is 338 g/mol. The van der Waals surface area contributed by atoms with Gasteiger partial charge in [0.1, 0.15) is 0 Å². The predicted octanol–water partition coefficient (Wildman–Crippen LogP) is 4.04. The molecule has 8 heteroatoms. The molecule has 1 atom stereocenters. The molecule has 0 saturated carbocycles. The van der Waals surface area contributed by atoms with Gasteiger partial charge in [-0.15, -0.1) is 5.10 Å². The summed E-state index contributed by atoms with van der Waals surface area (Å²) in [6, 6.07) is 12.7. The highest BCUT2D eigenvalue weighted by atomic mass is 32.2. The summed E-state index contributed by atoms with van der Waals surface area (Å²) >= 11 is 1.46. The molecule has 25 heavy (non-hydrogen) atoms. The zero-order valence-corrected chi connectivity index (χ0v) is 14.9. The Morgan fingerprint density at radius 3 is 2.68 bits per heavy atom. The van der Waals surface area contributed by atoms with Crippen LogP contribution in [-0.4, -0.2) is 25.1 Å². The summed E-state index contributed by atoms with van der Waals surface area (Å²) < 4.78 is 1.69. The summed E-state index contributed by atoms with van der Waals surface area (Å²) in [7, 11) is 0. The molecule has 0 aliphatic carbocycles. The molecule has 0 saturated heterocycles. The van der Waals surface area contributed by atoms with E-state index in [0.717, 1.165) is 16.8 Å². The van der Waals surface area contributed by atoms with E-state index < -0.39 is 0 Å². The van der Waals surface area contributed by atoms with Crippen LogP contribution in [0.25, 0.3) is 5.69 Å². The molecule has 1 heterocycles. The second-order valence-corrected chi connectivity index (χ2v) is 7.06. The van der Waals surface area contributed by atoms with Crippen molar-refractivity contribution in [3.63, 3.8) is 0 Å². The number of benzene rings is 2. The van der Waals surface area contributed by atoms with E-state index in [1.165, 1.54) is 23.4 Å². The lowest BCUT2D eigenvalue weighted by atomic mass is 10.1. The van der Waals surface area contributed by atoms with Crippen LogP contribution in [0.2, 0.25) is 0 Å². The molecule has 3 aromatic rings. The second kappa shape index (κ2) is 7.02. The van der Waals surface area contributed by atoms with Crippen LogP contribution in [0.1, 0.15) is 28.9 Å². The predicted molar refractivity (Wildman–Crippen MR) is 96.0 cm³/mol. The zero-order chi connectivity index (χ0) is 18.0. The van der Waals surface area contributed by atoms with Gasteiger partial charge in [-0.25, -0.2) is 0 Å². The number of aryl methyl sites for hydroxylation is 2. The lowest BCUT2D eigenvalue weighted by Crippen LogP contribution is -2.01. The number of tetrazole rings is 1. The minimum atomic E-state index is -0.389. The lowest BCUT2D eigenvalue weighted by molar-refractivity contribution is -0.384. The van der Waals surface area contributed by atoms with Gasteiger partial charge < -0.3 is 0 Å². The molecule has 3 rings (SSSR count). The van der Waals surface area contributed by atoms with Gasteiger partial charge in [0.25, 0.3) is 5.69 Å². The largest absolute Gasteiger partial charge is 0.269 e. The van der Waals surface area contributed by atoms with Crippen molar-refractivity contribution >= 4 is 17.4 Å². The third-order valence-corrected chi connectivity index (χ3v) is 5.10. The summed E-state index contributed by atoms with van der Waals surface area (Å²) in [4.78, 5) is 10.6. The Kier molecular flexibility index (Phi) is 4.80. The number of nitro groups is 1. The Labute approximate surface area is 149 Å². The number of thioether (sulfide) groups is 1. The van der Waals surface area contributed by atoms with Crippen molar-refractivity contribution in [2.75, 3.05) is 0 Å². The quantitative estimate of drug-likeness (QED) is 0.390. The number of nitro benzene ring substituents is 1. The molecule has 128 valence electrons. The number of hydrogen-bond donors (Lipinski definition) is 0. The normalized spacial score (nSPS) is 12.1. The van der Waals surface area contributed by atoms with Crippen molar-refractivity contribution in [2.24, 2.45) is 0 Å². The Balaban J connectivity index is 1.87. The van der Waals surface area contributed by atoms with Crippen molar-refractivity contribution in [3.05, 3.63) is 69.3 Å². The van der Waals surface area contributed by atoms with Crippen molar-refractivity contribution < 1.29 is 4.92 Å². The summed E-state index contributed by atoms with van der Waals surface area (Å²) in [6.07, 6.45) is 0. The first-order chi connectivity index (χ1) is 12.0. The molecule has 0 aliphatic heterocycles. The number of aromatic nitrogens is 4. The Hall–Kier alpha value is -2.74. The third kappa shape index (κ3) is 3.69. The minimum absolute atomic E-state index is 0.0313. The third-order valence-electron chi connectivity index (χ3n) is 4.01. The molecule has 0 amide bonds. The van der Waals surface area contributed by atoms with E-state index in [1.807, 2.05) is 38.1 Å². The fourth-order valence-electron chi connectivity index (χ4n) is 2.39. The molecule has 0 bridgehead atoms. The van der Waals surface area contributed by atoms with Crippen LogP contribution < -0.4 is 0 Å². The molecule has 7 nitrogen and oxygen atoms in total. The monoisotopic (exact) mass is 355 g/mol. The van der Waals surface area contributed by atoms with Gasteiger partial charge in [-0.05, 0) is 60.0 Å². The van der Waals surface area contributed by atoms with Crippen molar-refractivity contribution in [1.29, 1.82) is 0 Å². The summed E-state index contributed by atoms with van der Waals surface area (Å²) in [5.41, 5.74) is 4.20. The van der Waals surface area contributed by atoms with Crippen LogP contribution in [0, 0.1) is 24.0 Å². The van der Waals surface area contributed by atoms with Crippen LogP contribution in [0.3, 0.4) is 0 Å². The van der Waals surface area contributed by atoms with Gasteiger partial charge in [0.15, 0.2) is 0 Å². The first kappa shape index (κ1) is 17.1. The second-order valence-electron chi connectivity index (χ2n) is 5.75. The van der Waals surface area contributed by atoms with Gasteiger partial charge >= 0.3 is 0 Å². The smallest absolute Gasteiger partial charge is 0.258 e. The molecule has 0 fully saturated rings. The van der Waals surface area contributed by atoms with E-state index >= 15 is 0 Å². The van der Waals surface area contributed by atoms with Crippen LogP contribution in [0.15, 0.2) is 47.6 Å². The summed E-state index contributed by atoms with van der Waals surface area (Å²) in [5.74, 6) is 0. The number of rotatable bonds is 5. The summed E-state index contributed by atoms with van der Waals surface area (Å²) in [5, 5.41) is 23.5. The van der Waals surface area contributed by atoms with Gasteiger partial charge in [0.2, 0.25) is 5.16 Å². The van der Waals surface area contributed by atoms with Gasteiger partial charge in [-0.1, -0.05) is 30.0 Å². The highest BCUT2D eigenvalue weighted by Gasteiger charge is 2.17. The van der Waals surface area contributed by atoms with Crippen LogP contribution >= 0.6 is 11.8 Å². The number of nitrogens with zero attached hydrogens (tertiary/aromatic N) is 5. The average molecular weight is 355 g/mol. The lowest BCUT2D eigenvalue weighted by Gasteiger charge is -2.12. The fourth-order valence-corrected chi connectivity index (χ4v) is 3.31. The van der Waals surface area contributed by atoms with Crippen LogP contribution in [-0.2, 0) is 0 Å². The van der Waals surface area contributed by atoms with Crippen LogP contribution in [0.4, 0.5) is 5.69 Å². The number of non-ortho nitro benzene ring substituents is 1. The first-order valence-corrected chi connectivity index (χ1v) is 8.60. The summed E-state index contributed by atoms with van der Waals surface area (Å²) in [6.45, 7) is 6.07. The Bertz CT molecular complexity index is 925. The van der Waals surface area contributed by atoms with Crippen molar-refractivity contribution in [2.45, 2.75) is 31.2 Å². The van der Waals surface area contributed by atoms with E-state index in [0.29, 0.717) is 5.16 Å². The molecule has 0 aliphatic rings. The molecule has 0 N–H and O–H groups in total. The standard InChI is InChI=1S/C17H17N5O2S/c1-11-7-8-15(9-12(11)2)21-17(18-19-20-21)25-13(3)14-5-4-6-16(10-14)22(23)24/h4-10,13H,1-3H3. The fraction of sp³-hybridized carbons (Fsp3) is 0.235. The highest BCUT2D eigenvalue weighted by Crippen LogP contribution is 2.35. The molecule has 1 aromatic heterocycles. The van der Waals surface area contributed by atoms with Gasteiger partial charge in [0, 0.05) is 17.4 Å². The van der Waals surface area contributed by atoms with E-state index in [9.17, 15) is 10.1 Å².